The molecule has 4 heterocycles. The lowest BCUT2D eigenvalue weighted by atomic mass is 9.76. The Morgan fingerprint density at radius 3 is 2.84 bits per heavy atom. The van der Waals surface area contributed by atoms with Gasteiger partial charge in [0.2, 0.25) is 5.91 Å². The van der Waals surface area contributed by atoms with Gasteiger partial charge in [-0.1, -0.05) is 11.2 Å². The first-order valence-corrected chi connectivity index (χ1v) is 13.8. The molecule has 3 N–H and O–H groups in total. The van der Waals surface area contributed by atoms with Gasteiger partial charge in [0.25, 0.3) is 0 Å². The fourth-order valence-electron chi connectivity index (χ4n) is 5.71. The van der Waals surface area contributed by atoms with Crippen molar-refractivity contribution in [1.29, 1.82) is 0 Å². The van der Waals surface area contributed by atoms with Crippen molar-refractivity contribution in [2.45, 2.75) is 82.3 Å². The van der Waals surface area contributed by atoms with Gasteiger partial charge in [0.1, 0.15) is 17.3 Å². The number of nitrogens with zero attached hydrogens (tertiary/aromatic N) is 2. The molecule has 10 heteroatoms. The van der Waals surface area contributed by atoms with Crippen LogP contribution in [0.15, 0.2) is 22.7 Å². The molecule has 2 aromatic heterocycles. The Morgan fingerprint density at radius 1 is 1.29 bits per heavy atom. The zero-order chi connectivity index (χ0) is 26.5. The van der Waals surface area contributed by atoms with Crippen LogP contribution in [0.2, 0.25) is 0 Å². The summed E-state index contributed by atoms with van der Waals surface area (Å²) in [6.07, 6.45) is 7.41. The van der Waals surface area contributed by atoms with Crippen LogP contribution in [0, 0.1) is 12.8 Å². The Labute approximate surface area is 222 Å². The maximum Gasteiger partial charge on any atom is 0.326 e. The summed E-state index contributed by atoms with van der Waals surface area (Å²) in [6.45, 7) is 3.87. The summed E-state index contributed by atoms with van der Waals surface area (Å²) in [6, 6.07) is 5.05. The SMILES string of the molecule is Cc1cc(C2(C(=O)N[C@@H](CCOC3CC(CCc4ccc5c(n4)NCCC5)C3)C(=O)O)CCOCC2)on1. The van der Waals surface area contributed by atoms with Crippen LogP contribution in [0.4, 0.5) is 5.82 Å². The summed E-state index contributed by atoms with van der Waals surface area (Å²) in [7, 11) is 0. The van der Waals surface area contributed by atoms with Gasteiger partial charge in [-0.3, -0.25) is 4.79 Å². The van der Waals surface area contributed by atoms with Gasteiger partial charge in [-0.2, -0.15) is 0 Å². The molecule has 2 fully saturated rings. The number of aryl methyl sites for hydroxylation is 3. The minimum absolute atomic E-state index is 0.141. The molecule has 38 heavy (non-hydrogen) atoms. The molecule has 2 aromatic rings. The van der Waals surface area contributed by atoms with E-state index in [0.717, 1.165) is 56.6 Å². The lowest BCUT2D eigenvalue weighted by Crippen LogP contribution is -2.53. The van der Waals surface area contributed by atoms with E-state index in [0.29, 0.717) is 43.4 Å². The van der Waals surface area contributed by atoms with Crippen molar-refractivity contribution in [2.24, 2.45) is 5.92 Å². The Hall–Kier alpha value is -2.98. The molecule has 2 aliphatic heterocycles. The van der Waals surface area contributed by atoms with Crippen LogP contribution in [0.25, 0.3) is 0 Å². The van der Waals surface area contributed by atoms with Crippen molar-refractivity contribution >= 4 is 17.7 Å². The molecule has 1 atom stereocenters. The number of carbonyl (C=O) groups excluding carboxylic acids is 1. The quantitative estimate of drug-likeness (QED) is 0.403. The number of ether oxygens (including phenoxy) is 2. The molecule has 0 bridgehead atoms. The van der Waals surface area contributed by atoms with Gasteiger partial charge in [0.05, 0.1) is 11.8 Å². The van der Waals surface area contributed by atoms with Crippen LogP contribution in [0.1, 0.15) is 67.7 Å². The van der Waals surface area contributed by atoms with Crippen LogP contribution in [-0.4, -0.2) is 65.6 Å². The monoisotopic (exact) mass is 526 g/mol. The van der Waals surface area contributed by atoms with E-state index >= 15 is 0 Å². The first-order chi connectivity index (χ1) is 18.4. The number of aromatic nitrogens is 2. The predicted molar refractivity (Wildman–Crippen MR) is 139 cm³/mol. The van der Waals surface area contributed by atoms with E-state index in [1.54, 1.807) is 13.0 Å². The minimum atomic E-state index is -1.07. The molecule has 3 aliphatic rings. The van der Waals surface area contributed by atoms with E-state index in [2.05, 4.69) is 27.9 Å². The number of carboxylic acid groups (broad SMARTS) is 1. The smallest absolute Gasteiger partial charge is 0.326 e. The molecule has 206 valence electrons. The number of amides is 1. The van der Waals surface area contributed by atoms with E-state index in [1.807, 2.05) is 0 Å². The maximum atomic E-state index is 13.4. The third-order valence-corrected chi connectivity index (χ3v) is 8.20. The number of fused-ring (bicyclic) bond motifs is 1. The molecule has 0 aromatic carbocycles. The van der Waals surface area contributed by atoms with Crippen molar-refractivity contribution in [3.05, 3.63) is 40.9 Å². The Kier molecular flexibility index (Phi) is 8.28. The highest BCUT2D eigenvalue weighted by atomic mass is 16.5. The number of carboxylic acids is 1. The van der Waals surface area contributed by atoms with Gasteiger partial charge in [-0.15, -0.1) is 0 Å². The Balaban J connectivity index is 1.06. The van der Waals surface area contributed by atoms with Gasteiger partial charge in [0, 0.05) is 44.5 Å². The molecule has 1 saturated heterocycles. The summed E-state index contributed by atoms with van der Waals surface area (Å²) in [5.41, 5.74) is 2.14. The number of rotatable bonds is 11. The Bertz CT molecular complexity index is 1120. The second-order valence-electron chi connectivity index (χ2n) is 10.9. The normalized spacial score (nSPS) is 23.0. The topological polar surface area (TPSA) is 136 Å². The van der Waals surface area contributed by atoms with E-state index in [1.165, 1.54) is 5.56 Å². The third kappa shape index (κ3) is 6.02. The van der Waals surface area contributed by atoms with E-state index < -0.39 is 17.4 Å². The lowest BCUT2D eigenvalue weighted by molar-refractivity contribution is -0.145. The highest BCUT2D eigenvalue weighted by Gasteiger charge is 2.46. The number of aliphatic carboxylic acids is 1. The molecular weight excluding hydrogens is 488 g/mol. The van der Waals surface area contributed by atoms with E-state index in [-0.39, 0.29) is 25.0 Å². The highest BCUT2D eigenvalue weighted by Crippen LogP contribution is 2.36. The predicted octanol–water partition coefficient (Wildman–Crippen LogP) is 3.17. The van der Waals surface area contributed by atoms with Crippen LogP contribution in [-0.2, 0) is 37.3 Å². The second kappa shape index (κ2) is 11.8. The van der Waals surface area contributed by atoms with Crippen LogP contribution < -0.4 is 10.6 Å². The molecule has 5 rings (SSSR count). The van der Waals surface area contributed by atoms with Crippen LogP contribution in [0.3, 0.4) is 0 Å². The molecular formula is C28H38N4O6. The average molecular weight is 527 g/mol. The molecule has 0 spiro atoms. The summed E-state index contributed by atoms with van der Waals surface area (Å²) in [5.74, 6) is 0.663. The zero-order valence-corrected chi connectivity index (χ0v) is 22.0. The van der Waals surface area contributed by atoms with Crippen LogP contribution >= 0.6 is 0 Å². The third-order valence-electron chi connectivity index (χ3n) is 8.20. The van der Waals surface area contributed by atoms with Gasteiger partial charge in [-0.05, 0) is 75.8 Å². The molecule has 0 radical (unpaired) electrons. The standard InChI is InChI=1S/C28H38N4O6/c1-18-15-24(38-32-18)28(9-13-36-14-10-28)27(35)31-23(26(33)34)8-12-37-22-16-19(17-22)4-6-21-7-5-20-3-2-11-29-25(20)30-21/h5,7,15,19,22-23H,2-4,6,8-14,16-17H2,1H3,(H,29,30)(H,31,35)(H,33,34)/t19?,22?,23-/m0/s1. The molecule has 1 amide bonds. The van der Waals surface area contributed by atoms with E-state index in [4.69, 9.17) is 19.0 Å². The fourth-order valence-corrected chi connectivity index (χ4v) is 5.71. The number of hydrogen-bond donors (Lipinski definition) is 3. The lowest BCUT2D eigenvalue weighted by Gasteiger charge is -2.36. The van der Waals surface area contributed by atoms with Gasteiger partial charge in [0.15, 0.2) is 5.76 Å². The maximum absolute atomic E-state index is 13.4. The number of carbonyl (C=O) groups is 2. The van der Waals surface area contributed by atoms with Gasteiger partial charge >= 0.3 is 5.97 Å². The summed E-state index contributed by atoms with van der Waals surface area (Å²) in [4.78, 5) is 30.1. The largest absolute Gasteiger partial charge is 0.480 e. The van der Waals surface area contributed by atoms with Crippen LogP contribution in [0.5, 0.6) is 0 Å². The van der Waals surface area contributed by atoms with Gasteiger partial charge in [-0.25, -0.2) is 9.78 Å². The van der Waals surface area contributed by atoms with Crippen molar-refractivity contribution in [2.75, 3.05) is 31.7 Å². The summed E-state index contributed by atoms with van der Waals surface area (Å²) < 4.78 is 16.9. The van der Waals surface area contributed by atoms with Crippen molar-refractivity contribution in [1.82, 2.24) is 15.5 Å². The number of hydrogen-bond acceptors (Lipinski definition) is 8. The second-order valence-corrected chi connectivity index (χ2v) is 10.9. The van der Waals surface area contributed by atoms with Crippen molar-refractivity contribution in [3.8, 4) is 0 Å². The number of pyridine rings is 1. The summed E-state index contributed by atoms with van der Waals surface area (Å²) >= 11 is 0. The molecule has 1 aliphatic carbocycles. The Morgan fingerprint density at radius 2 is 2.11 bits per heavy atom. The molecule has 0 unspecified atom stereocenters. The minimum Gasteiger partial charge on any atom is -0.480 e. The molecule has 10 nitrogen and oxygen atoms in total. The first kappa shape index (κ1) is 26.6. The number of nitrogens with one attached hydrogen (secondary N) is 2. The number of anilines is 1. The van der Waals surface area contributed by atoms with Crippen molar-refractivity contribution in [3.63, 3.8) is 0 Å². The fraction of sp³-hybridized carbons (Fsp3) is 0.643. The first-order valence-electron chi connectivity index (χ1n) is 13.8. The zero-order valence-electron chi connectivity index (χ0n) is 22.0. The van der Waals surface area contributed by atoms with Gasteiger partial charge < -0.3 is 29.7 Å². The average Bonchev–Trinajstić information content (AvgIpc) is 3.35. The summed E-state index contributed by atoms with van der Waals surface area (Å²) in [5, 5.41) is 19.8. The highest BCUT2D eigenvalue weighted by molar-refractivity contribution is 5.91. The van der Waals surface area contributed by atoms with E-state index in [9.17, 15) is 14.7 Å². The molecule has 1 saturated carbocycles. The van der Waals surface area contributed by atoms with Crippen molar-refractivity contribution < 1.29 is 28.7 Å².